The summed E-state index contributed by atoms with van der Waals surface area (Å²) in [4.78, 5) is 8.11. The maximum atomic E-state index is 4.18. The van der Waals surface area contributed by atoms with E-state index in [2.05, 4.69) is 152 Å². The van der Waals surface area contributed by atoms with Crippen LogP contribution in [0.3, 0.4) is 0 Å². The van der Waals surface area contributed by atoms with E-state index in [0.29, 0.717) is 29.6 Å². The van der Waals surface area contributed by atoms with Crippen LogP contribution in [0.1, 0.15) is 168 Å². The Morgan fingerprint density at radius 1 is 0.365 bits per heavy atom. The standard InChI is InChI=1S/C9H14N.2C9H12.2C8H11N.3C2H6/c1-8(2)9-4-6-10(3)7-5-9;2*1-8(2)9-6-4-3-5-7-9;1-7(2)8-3-5-9-6-4-8;1-7(2)8-5-3-4-6-9-8;3*1-2/h4-8H,1-3H3;2*3-8H,1-2H3;2*3-7H,1-2H3;3*1-2H3/q+1;;;;;;;. The number of hydrogen-bond donors (Lipinski definition) is 0. The summed E-state index contributed by atoms with van der Waals surface area (Å²) in [6, 6.07) is 35.4. The number of aryl methyl sites for hydroxylation is 1. The van der Waals surface area contributed by atoms with Crippen molar-refractivity contribution in [2.45, 2.75) is 140 Å². The van der Waals surface area contributed by atoms with Gasteiger partial charge in [0.15, 0.2) is 12.4 Å². The minimum atomic E-state index is 0.547. The second-order valence-electron chi connectivity index (χ2n) is 12.9. The Hall–Kier alpha value is -4.11. The molecule has 288 valence electrons. The van der Waals surface area contributed by atoms with Crippen LogP contribution in [0.2, 0.25) is 0 Å². The Morgan fingerprint density at radius 2 is 0.692 bits per heavy atom. The van der Waals surface area contributed by atoms with Gasteiger partial charge in [-0.05, 0) is 76.1 Å². The fourth-order valence-corrected chi connectivity index (χ4v) is 4.04. The molecule has 0 amide bonds. The summed E-state index contributed by atoms with van der Waals surface area (Å²) in [6.45, 7) is 33.9. The van der Waals surface area contributed by atoms with Crippen molar-refractivity contribution in [2.75, 3.05) is 0 Å². The third-order valence-corrected chi connectivity index (χ3v) is 7.26. The van der Waals surface area contributed by atoms with E-state index in [1.807, 2.05) is 114 Å². The maximum absolute atomic E-state index is 4.18. The molecule has 5 rings (SSSR count). The summed E-state index contributed by atoms with van der Waals surface area (Å²) in [5.41, 5.74) is 6.75. The van der Waals surface area contributed by atoms with E-state index < -0.39 is 0 Å². The van der Waals surface area contributed by atoms with Gasteiger partial charge >= 0.3 is 0 Å². The lowest BCUT2D eigenvalue weighted by Crippen LogP contribution is -2.26. The third-order valence-electron chi connectivity index (χ3n) is 7.26. The Labute approximate surface area is 323 Å². The van der Waals surface area contributed by atoms with Crippen molar-refractivity contribution in [3.05, 3.63) is 162 Å². The second kappa shape index (κ2) is 35.3. The summed E-state index contributed by atoms with van der Waals surface area (Å²) in [6.07, 6.45) is 9.64. The molecule has 0 aliphatic heterocycles. The minimum absolute atomic E-state index is 0.547. The first-order valence-electron chi connectivity index (χ1n) is 19.8. The van der Waals surface area contributed by atoms with Crippen LogP contribution >= 0.6 is 0 Å². The Balaban J connectivity index is -0.000000556. The van der Waals surface area contributed by atoms with Gasteiger partial charge in [0, 0.05) is 36.4 Å². The first kappa shape index (κ1) is 52.3. The maximum Gasteiger partial charge on any atom is 0.168 e. The van der Waals surface area contributed by atoms with Crippen molar-refractivity contribution >= 4 is 0 Å². The molecule has 52 heavy (non-hydrogen) atoms. The molecule has 0 spiro atoms. The van der Waals surface area contributed by atoms with Crippen LogP contribution in [0.5, 0.6) is 0 Å². The molecule has 3 aromatic heterocycles. The predicted molar refractivity (Wildman–Crippen MR) is 233 cm³/mol. The van der Waals surface area contributed by atoms with E-state index in [9.17, 15) is 0 Å². The molecule has 0 fully saturated rings. The lowest BCUT2D eigenvalue weighted by atomic mass is 10.0. The highest BCUT2D eigenvalue weighted by molar-refractivity contribution is 5.18. The molecular formula is C49H78N3+. The number of pyridine rings is 3. The molecule has 0 saturated carbocycles. The SMILES string of the molecule is CC.CC.CC.CC(C)c1cc[n+](C)cc1.CC(C)c1ccccc1.CC(C)c1ccccc1.CC(C)c1ccccn1.CC(C)c1ccncc1. The van der Waals surface area contributed by atoms with Gasteiger partial charge in [-0.3, -0.25) is 9.97 Å². The lowest BCUT2D eigenvalue weighted by molar-refractivity contribution is -0.671. The van der Waals surface area contributed by atoms with Crippen LogP contribution in [0.25, 0.3) is 0 Å². The molecule has 0 aliphatic carbocycles. The van der Waals surface area contributed by atoms with Gasteiger partial charge in [-0.2, -0.15) is 0 Å². The third kappa shape index (κ3) is 27.6. The number of benzene rings is 2. The normalized spacial score (nSPS) is 9.35. The summed E-state index contributed by atoms with van der Waals surface area (Å²) in [7, 11) is 2.03. The Kier molecular flexibility index (Phi) is 35.5. The van der Waals surface area contributed by atoms with Gasteiger partial charge in [-0.25, -0.2) is 4.57 Å². The molecule has 2 aromatic carbocycles. The zero-order valence-electron chi connectivity index (χ0n) is 36.4. The zero-order valence-corrected chi connectivity index (χ0v) is 36.4. The molecule has 0 aliphatic rings. The monoisotopic (exact) mass is 709 g/mol. The van der Waals surface area contributed by atoms with Gasteiger partial charge in [0.1, 0.15) is 7.05 Å². The summed E-state index contributed by atoms with van der Waals surface area (Å²) in [5.74, 6) is 3.12. The van der Waals surface area contributed by atoms with Gasteiger partial charge in [0.2, 0.25) is 0 Å². The smallest absolute Gasteiger partial charge is 0.168 e. The molecule has 3 heteroatoms. The molecule has 0 unspecified atom stereocenters. The van der Waals surface area contributed by atoms with E-state index in [4.69, 9.17) is 0 Å². The predicted octanol–water partition coefficient (Wildman–Crippen LogP) is 14.7. The summed E-state index contributed by atoms with van der Waals surface area (Å²) >= 11 is 0. The first-order valence-corrected chi connectivity index (χ1v) is 19.8. The number of aromatic nitrogens is 3. The van der Waals surface area contributed by atoms with Gasteiger partial charge in [-0.1, -0.05) is 178 Å². The van der Waals surface area contributed by atoms with Gasteiger partial charge < -0.3 is 0 Å². The Morgan fingerprint density at radius 3 is 0.942 bits per heavy atom. The molecule has 0 atom stereocenters. The average Bonchev–Trinajstić information content (AvgIpc) is 3.20. The quantitative estimate of drug-likeness (QED) is 0.170. The molecule has 3 heterocycles. The number of rotatable bonds is 5. The van der Waals surface area contributed by atoms with Crippen molar-refractivity contribution in [3.8, 4) is 0 Å². The van der Waals surface area contributed by atoms with Crippen molar-refractivity contribution in [1.82, 2.24) is 9.97 Å². The largest absolute Gasteiger partial charge is 0.265 e. The fourth-order valence-electron chi connectivity index (χ4n) is 4.04. The van der Waals surface area contributed by atoms with Crippen LogP contribution in [-0.4, -0.2) is 9.97 Å². The van der Waals surface area contributed by atoms with Crippen molar-refractivity contribution < 1.29 is 4.57 Å². The minimum Gasteiger partial charge on any atom is -0.265 e. The first-order chi connectivity index (χ1) is 24.9. The van der Waals surface area contributed by atoms with Crippen molar-refractivity contribution in [1.29, 1.82) is 0 Å². The van der Waals surface area contributed by atoms with Crippen LogP contribution in [0.15, 0.2) is 134 Å². The van der Waals surface area contributed by atoms with E-state index in [1.165, 1.54) is 22.3 Å². The van der Waals surface area contributed by atoms with Gasteiger partial charge in [0.25, 0.3) is 0 Å². The fraction of sp³-hybridized carbons (Fsp3) is 0.449. The summed E-state index contributed by atoms with van der Waals surface area (Å²) in [5, 5.41) is 0. The van der Waals surface area contributed by atoms with Gasteiger partial charge in [0.05, 0.1) is 0 Å². The van der Waals surface area contributed by atoms with Crippen LogP contribution < -0.4 is 4.57 Å². The van der Waals surface area contributed by atoms with E-state index in [1.54, 1.807) is 0 Å². The second-order valence-corrected chi connectivity index (χ2v) is 12.9. The van der Waals surface area contributed by atoms with E-state index in [0.717, 1.165) is 5.69 Å². The molecule has 0 radical (unpaired) electrons. The molecule has 5 aromatic rings. The van der Waals surface area contributed by atoms with Crippen molar-refractivity contribution in [3.63, 3.8) is 0 Å². The zero-order chi connectivity index (χ0) is 40.3. The molecule has 3 nitrogen and oxygen atoms in total. The number of nitrogens with zero attached hydrogens (tertiary/aromatic N) is 3. The molecular weight excluding hydrogens is 631 g/mol. The number of hydrogen-bond acceptors (Lipinski definition) is 2. The highest BCUT2D eigenvalue weighted by atomic mass is 14.9. The highest BCUT2D eigenvalue weighted by Gasteiger charge is 1.99. The molecule has 0 saturated heterocycles. The van der Waals surface area contributed by atoms with E-state index >= 15 is 0 Å². The van der Waals surface area contributed by atoms with Crippen LogP contribution in [0, 0.1) is 0 Å². The topological polar surface area (TPSA) is 29.7 Å². The van der Waals surface area contributed by atoms with Crippen LogP contribution in [-0.2, 0) is 7.05 Å². The van der Waals surface area contributed by atoms with Crippen LogP contribution in [0.4, 0.5) is 0 Å². The lowest BCUT2D eigenvalue weighted by Gasteiger charge is -2.01. The summed E-state index contributed by atoms with van der Waals surface area (Å²) < 4.78 is 2.05. The van der Waals surface area contributed by atoms with Gasteiger partial charge in [-0.15, -0.1) is 0 Å². The molecule has 0 N–H and O–H groups in total. The average molecular weight is 709 g/mol. The Bertz CT molecular complexity index is 1210. The highest BCUT2D eigenvalue weighted by Crippen LogP contribution is 2.13. The van der Waals surface area contributed by atoms with E-state index in [-0.39, 0.29) is 0 Å². The van der Waals surface area contributed by atoms with Crippen molar-refractivity contribution in [2.24, 2.45) is 7.05 Å². The molecule has 0 bridgehead atoms.